The molecule has 0 saturated carbocycles. The number of methoxy groups -OCH3 is 1. The van der Waals surface area contributed by atoms with E-state index in [1.807, 2.05) is 0 Å². The number of rotatable bonds is 7. The van der Waals surface area contributed by atoms with Crippen molar-refractivity contribution in [3.05, 3.63) is 17.0 Å². The smallest absolute Gasteiger partial charge is 0.408 e. The third-order valence-corrected chi connectivity index (χ3v) is 3.90. The number of halogens is 3. The highest BCUT2D eigenvalue weighted by Gasteiger charge is 2.37. The number of alkyl halides is 3. The molecule has 2 unspecified atom stereocenters. The van der Waals surface area contributed by atoms with Crippen molar-refractivity contribution in [1.29, 1.82) is 0 Å². The molecule has 1 aromatic heterocycles. The van der Waals surface area contributed by atoms with E-state index in [-0.39, 0.29) is 18.0 Å². The van der Waals surface area contributed by atoms with E-state index in [9.17, 15) is 27.9 Å². The van der Waals surface area contributed by atoms with Gasteiger partial charge in [0.15, 0.2) is 5.54 Å². The topological polar surface area (TPSA) is 93.5 Å². The van der Waals surface area contributed by atoms with E-state index < -0.39 is 36.1 Å². The number of aryl methyl sites for hydroxylation is 1. The van der Waals surface area contributed by atoms with Crippen LogP contribution in [0.5, 0.6) is 0 Å². The molecule has 1 rings (SSSR count). The van der Waals surface area contributed by atoms with Gasteiger partial charge in [0, 0.05) is 18.4 Å². The Morgan fingerprint density at radius 1 is 1.36 bits per heavy atom. The SMILES string of the molecule is COCC(C)(NC(=O)C(C)c1c(C)nn(CC(F)(F)F)c1C)C(=O)O. The number of carbonyl (C=O) groups is 2. The van der Waals surface area contributed by atoms with Crippen molar-refractivity contribution in [1.82, 2.24) is 15.1 Å². The first-order valence-electron chi connectivity index (χ1n) is 7.47. The van der Waals surface area contributed by atoms with E-state index in [2.05, 4.69) is 10.4 Å². The molecule has 0 aliphatic rings. The molecule has 0 bridgehead atoms. The van der Waals surface area contributed by atoms with Gasteiger partial charge in [-0.1, -0.05) is 0 Å². The summed E-state index contributed by atoms with van der Waals surface area (Å²) in [6.07, 6.45) is -4.44. The van der Waals surface area contributed by atoms with Crippen molar-refractivity contribution in [2.75, 3.05) is 13.7 Å². The summed E-state index contributed by atoms with van der Waals surface area (Å²) >= 11 is 0. The number of carboxylic acid groups (broad SMARTS) is 1. The van der Waals surface area contributed by atoms with Gasteiger partial charge in [-0.25, -0.2) is 4.79 Å². The number of hydrogen-bond acceptors (Lipinski definition) is 4. The standard InChI is InChI=1S/C15H22F3N3O4/c1-8(12(22)19-14(4,7-25-5)13(23)24)11-9(2)20-21(10(11)3)6-15(16,17)18/h8H,6-7H2,1-5H3,(H,19,22)(H,23,24). The second-order valence-electron chi connectivity index (χ2n) is 6.14. The monoisotopic (exact) mass is 365 g/mol. The summed E-state index contributed by atoms with van der Waals surface area (Å²) in [5, 5.41) is 15.5. The quantitative estimate of drug-likeness (QED) is 0.768. The predicted octanol–water partition coefficient (Wildman–Crippen LogP) is 1.77. The van der Waals surface area contributed by atoms with E-state index in [0.29, 0.717) is 5.56 Å². The Morgan fingerprint density at radius 3 is 2.36 bits per heavy atom. The van der Waals surface area contributed by atoms with Crippen LogP contribution in [0.1, 0.15) is 36.7 Å². The van der Waals surface area contributed by atoms with Crippen LogP contribution in [-0.2, 0) is 20.9 Å². The zero-order valence-corrected chi connectivity index (χ0v) is 14.7. The summed E-state index contributed by atoms with van der Waals surface area (Å²) in [5.74, 6) is -2.80. The summed E-state index contributed by atoms with van der Waals surface area (Å²) in [6, 6.07) is 0. The molecule has 0 aromatic carbocycles. The van der Waals surface area contributed by atoms with Gasteiger partial charge < -0.3 is 15.2 Å². The maximum absolute atomic E-state index is 12.6. The lowest BCUT2D eigenvalue weighted by Gasteiger charge is -2.27. The molecule has 0 radical (unpaired) electrons. The maximum Gasteiger partial charge on any atom is 0.408 e. The van der Waals surface area contributed by atoms with Gasteiger partial charge in [-0.3, -0.25) is 9.48 Å². The van der Waals surface area contributed by atoms with Gasteiger partial charge in [0.05, 0.1) is 18.2 Å². The molecule has 0 aliphatic heterocycles. The number of hydrogen-bond donors (Lipinski definition) is 2. The summed E-state index contributed by atoms with van der Waals surface area (Å²) in [7, 11) is 1.30. The van der Waals surface area contributed by atoms with Gasteiger partial charge in [0.1, 0.15) is 6.54 Å². The lowest BCUT2D eigenvalue weighted by Crippen LogP contribution is -2.56. The lowest BCUT2D eigenvalue weighted by molar-refractivity contribution is -0.149. The molecule has 0 saturated heterocycles. The largest absolute Gasteiger partial charge is 0.479 e. The molecular weight excluding hydrogens is 343 g/mol. The molecule has 142 valence electrons. The number of nitrogens with zero attached hydrogens (tertiary/aromatic N) is 2. The van der Waals surface area contributed by atoms with Gasteiger partial charge in [0.2, 0.25) is 5.91 Å². The van der Waals surface area contributed by atoms with Crippen LogP contribution in [0.25, 0.3) is 0 Å². The molecule has 0 fully saturated rings. The van der Waals surface area contributed by atoms with E-state index in [0.717, 1.165) is 4.68 Å². The number of carbonyl (C=O) groups excluding carboxylic acids is 1. The first kappa shape index (κ1) is 20.9. The fourth-order valence-corrected chi connectivity index (χ4v) is 2.61. The highest BCUT2D eigenvalue weighted by molar-refractivity contribution is 5.90. The van der Waals surface area contributed by atoms with Crippen molar-refractivity contribution in [3.63, 3.8) is 0 Å². The van der Waals surface area contributed by atoms with Crippen molar-refractivity contribution >= 4 is 11.9 Å². The highest BCUT2D eigenvalue weighted by atomic mass is 19.4. The zero-order chi connectivity index (χ0) is 19.6. The molecule has 10 heteroatoms. The maximum atomic E-state index is 12.6. The second-order valence-corrected chi connectivity index (χ2v) is 6.14. The van der Waals surface area contributed by atoms with Crippen LogP contribution in [0.3, 0.4) is 0 Å². The Hall–Kier alpha value is -2.10. The molecule has 2 atom stereocenters. The molecule has 0 spiro atoms. The summed E-state index contributed by atoms with van der Waals surface area (Å²) in [4.78, 5) is 23.8. The molecule has 7 nitrogen and oxygen atoms in total. The molecular formula is C15H22F3N3O4. The number of aliphatic carboxylic acids is 1. The third-order valence-electron chi connectivity index (χ3n) is 3.90. The van der Waals surface area contributed by atoms with Crippen LogP contribution in [0.2, 0.25) is 0 Å². The normalized spacial score (nSPS) is 15.5. The summed E-state index contributed by atoms with van der Waals surface area (Å²) in [5.41, 5.74) is -0.814. The predicted molar refractivity (Wildman–Crippen MR) is 82.2 cm³/mol. The van der Waals surface area contributed by atoms with Crippen LogP contribution >= 0.6 is 0 Å². The molecule has 1 amide bonds. The lowest BCUT2D eigenvalue weighted by atomic mass is 9.95. The van der Waals surface area contributed by atoms with Crippen molar-refractivity contribution in [2.24, 2.45) is 0 Å². The van der Waals surface area contributed by atoms with E-state index >= 15 is 0 Å². The van der Waals surface area contributed by atoms with Crippen LogP contribution in [-0.4, -0.2) is 52.2 Å². The minimum absolute atomic E-state index is 0.209. The Morgan fingerprint density at radius 2 is 1.92 bits per heavy atom. The van der Waals surface area contributed by atoms with Crippen LogP contribution < -0.4 is 5.32 Å². The summed E-state index contributed by atoms with van der Waals surface area (Å²) in [6.45, 7) is 4.20. The van der Waals surface area contributed by atoms with Crippen molar-refractivity contribution < 1.29 is 32.6 Å². The highest BCUT2D eigenvalue weighted by Crippen LogP contribution is 2.27. The van der Waals surface area contributed by atoms with Crippen LogP contribution in [0, 0.1) is 13.8 Å². The van der Waals surface area contributed by atoms with Gasteiger partial charge in [-0.2, -0.15) is 18.3 Å². The van der Waals surface area contributed by atoms with Gasteiger partial charge in [0.25, 0.3) is 0 Å². The van der Waals surface area contributed by atoms with Gasteiger partial charge in [-0.15, -0.1) is 0 Å². The van der Waals surface area contributed by atoms with E-state index in [1.54, 1.807) is 0 Å². The first-order chi connectivity index (χ1) is 11.3. The average Bonchev–Trinajstić information content (AvgIpc) is 2.70. The molecule has 1 aromatic rings. The Labute approximate surface area is 143 Å². The Kier molecular flexibility index (Phi) is 6.22. The molecule has 25 heavy (non-hydrogen) atoms. The number of carboxylic acids is 1. The van der Waals surface area contributed by atoms with E-state index in [4.69, 9.17) is 4.74 Å². The fourth-order valence-electron chi connectivity index (χ4n) is 2.61. The minimum atomic E-state index is -4.44. The second kappa shape index (κ2) is 7.42. The Balaban J connectivity index is 3.09. The minimum Gasteiger partial charge on any atom is -0.479 e. The van der Waals surface area contributed by atoms with Gasteiger partial charge in [-0.05, 0) is 27.7 Å². The third kappa shape index (κ3) is 4.94. The van der Waals surface area contributed by atoms with Crippen LogP contribution in [0.15, 0.2) is 0 Å². The van der Waals surface area contributed by atoms with Crippen molar-refractivity contribution in [3.8, 4) is 0 Å². The molecule has 1 heterocycles. The molecule has 2 N–H and O–H groups in total. The number of nitrogens with one attached hydrogen (secondary N) is 1. The fraction of sp³-hybridized carbons (Fsp3) is 0.667. The number of ether oxygens (including phenoxy) is 1. The Bertz CT molecular complexity index is 657. The van der Waals surface area contributed by atoms with Crippen LogP contribution in [0.4, 0.5) is 13.2 Å². The number of amides is 1. The zero-order valence-electron chi connectivity index (χ0n) is 14.7. The van der Waals surface area contributed by atoms with Gasteiger partial charge >= 0.3 is 12.1 Å². The van der Waals surface area contributed by atoms with Crippen molar-refractivity contribution in [2.45, 2.75) is 51.9 Å². The van der Waals surface area contributed by atoms with E-state index in [1.165, 1.54) is 34.8 Å². The molecule has 0 aliphatic carbocycles. The number of aromatic nitrogens is 2. The average molecular weight is 365 g/mol. The summed E-state index contributed by atoms with van der Waals surface area (Å²) < 4.78 is 43.4. The first-order valence-corrected chi connectivity index (χ1v) is 7.47.